The number of piperidine rings is 1. The lowest BCUT2D eigenvalue weighted by molar-refractivity contribution is 0.246. The van der Waals surface area contributed by atoms with E-state index < -0.39 is 0 Å². The van der Waals surface area contributed by atoms with Gasteiger partial charge in [-0.1, -0.05) is 6.07 Å². The van der Waals surface area contributed by atoms with Gasteiger partial charge in [0.25, 0.3) is 0 Å². The largest absolute Gasteiger partial charge is 0.355 e. The summed E-state index contributed by atoms with van der Waals surface area (Å²) in [5.74, 6) is 0.899. The van der Waals surface area contributed by atoms with E-state index in [9.17, 15) is 4.79 Å². The highest BCUT2D eigenvalue weighted by Gasteiger charge is 2.21. The Balaban J connectivity index is 1.50. The average molecular weight is 325 g/mol. The summed E-state index contributed by atoms with van der Waals surface area (Å²) in [6.45, 7) is 5.79. The molecule has 2 N–H and O–H groups in total. The van der Waals surface area contributed by atoms with Gasteiger partial charge in [0, 0.05) is 37.2 Å². The van der Waals surface area contributed by atoms with Crippen molar-refractivity contribution in [2.45, 2.75) is 32.7 Å². The van der Waals surface area contributed by atoms with E-state index in [0.717, 1.165) is 48.6 Å². The number of urea groups is 1. The van der Waals surface area contributed by atoms with Gasteiger partial charge in [0.05, 0.1) is 6.20 Å². The zero-order valence-corrected chi connectivity index (χ0v) is 14.1. The molecule has 0 atom stereocenters. The first kappa shape index (κ1) is 16.2. The minimum Gasteiger partial charge on any atom is -0.355 e. The smallest absolute Gasteiger partial charge is 0.319 e. The molecule has 0 spiro atoms. The second-order valence-electron chi connectivity index (χ2n) is 6.30. The Morgan fingerprint density at radius 3 is 2.46 bits per heavy atom. The number of benzene rings is 1. The van der Waals surface area contributed by atoms with E-state index in [4.69, 9.17) is 0 Å². The minimum atomic E-state index is -0.141. The normalized spacial score (nSPS) is 15.2. The van der Waals surface area contributed by atoms with Crippen molar-refractivity contribution in [1.29, 1.82) is 0 Å². The molecular weight excluding hydrogens is 302 g/mol. The van der Waals surface area contributed by atoms with Gasteiger partial charge in [-0.3, -0.25) is 4.98 Å². The zero-order chi connectivity index (χ0) is 16.9. The Bertz CT molecular complexity index is 676. The molecule has 126 valence electrons. The third-order valence-electron chi connectivity index (χ3n) is 4.18. The Kier molecular flexibility index (Phi) is 4.93. The van der Waals surface area contributed by atoms with Crippen LogP contribution in [0.1, 0.15) is 24.0 Å². The monoisotopic (exact) mass is 325 g/mol. The Hall–Kier alpha value is -2.63. The maximum atomic E-state index is 12.2. The lowest BCUT2D eigenvalue weighted by atomic mass is 10.1. The molecule has 1 aliphatic rings. The topological polar surface area (TPSA) is 70.2 Å². The van der Waals surface area contributed by atoms with E-state index in [2.05, 4.69) is 31.6 Å². The van der Waals surface area contributed by atoms with E-state index in [0.29, 0.717) is 0 Å². The van der Waals surface area contributed by atoms with Crippen LogP contribution in [0.3, 0.4) is 0 Å². The molecule has 0 aliphatic carbocycles. The number of aryl methyl sites for hydroxylation is 2. The summed E-state index contributed by atoms with van der Waals surface area (Å²) >= 11 is 0. The third kappa shape index (κ3) is 4.22. The van der Waals surface area contributed by atoms with Crippen LogP contribution in [0.25, 0.3) is 0 Å². The van der Waals surface area contributed by atoms with Crippen LogP contribution in [-0.4, -0.2) is 35.1 Å². The van der Waals surface area contributed by atoms with E-state index in [1.807, 2.05) is 26.0 Å². The number of carbonyl (C=O) groups excluding carboxylic acids is 1. The molecule has 2 aromatic rings. The molecule has 24 heavy (non-hydrogen) atoms. The molecule has 0 saturated carbocycles. The van der Waals surface area contributed by atoms with Crippen molar-refractivity contribution >= 4 is 17.5 Å². The lowest BCUT2D eigenvalue weighted by Crippen LogP contribution is -2.46. The van der Waals surface area contributed by atoms with Crippen molar-refractivity contribution in [3.63, 3.8) is 0 Å². The summed E-state index contributed by atoms with van der Waals surface area (Å²) in [5.41, 5.74) is 3.12. The van der Waals surface area contributed by atoms with Gasteiger partial charge in [0.2, 0.25) is 0 Å². The van der Waals surface area contributed by atoms with Crippen molar-refractivity contribution in [3.8, 4) is 0 Å². The molecule has 1 fully saturated rings. The standard InChI is InChI=1S/C18H23N5O/c1-13-9-14(2)11-16(10-13)22-18(24)21-15-3-7-23(8-4-15)17-12-19-5-6-20-17/h5-6,9-12,15H,3-4,7-8H2,1-2H3,(H2,21,22,24). The molecule has 2 heterocycles. The first-order chi connectivity index (χ1) is 11.6. The van der Waals surface area contributed by atoms with Crippen LogP contribution in [0.4, 0.5) is 16.3 Å². The highest BCUT2D eigenvalue weighted by atomic mass is 16.2. The summed E-state index contributed by atoms with van der Waals surface area (Å²) in [4.78, 5) is 22.8. The molecular formula is C18H23N5O. The van der Waals surface area contributed by atoms with Crippen LogP contribution < -0.4 is 15.5 Å². The van der Waals surface area contributed by atoms with Crippen molar-refractivity contribution in [1.82, 2.24) is 15.3 Å². The second kappa shape index (κ2) is 7.29. The second-order valence-corrected chi connectivity index (χ2v) is 6.30. The molecule has 1 saturated heterocycles. The highest BCUT2D eigenvalue weighted by Crippen LogP contribution is 2.17. The third-order valence-corrected chi connectivity index (χ3v) is 4.18. The summed E-state index contributed by atoms with van der Waals surface area (Å²) in [6, 6.07) is 6.08. The fourth-order valence-corrected chi connectivity index (χ4v) is 3.11. The van der Waals surface area contributed by atoms with Crippen LogP contribution in [-0.2, 0) is 0 Å². The quantitative estimate of drug-likeness (QED) is 0.910. The molecule has 1 aromatic carbocycles. The van der Waals surface area contributed by atoms with E-state index in [-0.39, 0.29) is 12.1 Å². The SMILES string of the molecule is Cc1cc(C)cc(NC(=O)NC2CCN(c3cnccn3)CC2)c1. The molecule has 6 nitrogen and oxygen atoms in total. The van der Waals surface area contributed by atoms with E-state index >= 15 is 0 Å². The molecule has 1 aliphatic heterocycles. The molecule has 6 heteroatoms. The van der Waals surface area contributed by atoms with Gasteiger partial charge in [-0.15, -0.1) is 0 Å². The number of nitrogens with zero attached hydrogens (tertiary/aromatic N) is 3. The van der Waals surface area contributed by atoms with Crippen LogP contribution in [0, 0.1) is 13.8 Å². The number of nitrogens with one attached hydrogen (secondary N) is 2. The Morgan fingerprint density at radius 2 is 1.83 bits per heavy atom. The summed E-state index contributed by atoms with van der Waals surface area (Å²) in [6.07, 6.45) is 6.96. The van der Waals surface area contributed by atoms with Crippen LogP contribution in [0.2, 0.25) is 0 Å². The van der Waals surface area contributed by atoms with Gasteiger partial charge in [-0.25, -0.2) is 9.78 Å². The van der Waals surface area contributed by atoms with E-state index in [1.54, 1.807) is 18.6 Å². The maximum absolute atomic E-state index is 12.2. The van der Waals surface area contributed by atoms with E-state index in [1.165, 1.54) is 0 Å². The average Bonchev–Trinajstić information content (AvgIpc) is 2.55. The van der Waals surface area contributed by atoms with Crippen molar-refractivity contribution in [3.05, 3.63) is 47.9 Å². The fourth-order valence-electron chi connectivity index (χ4n) is 3.11. The van der Waals surface area contributed by atoms with Gasteiger partial charge in [-0.2, -0.15) is 0 Å². The highest BCUT2D eigenvalue weighted by molar-refractivity contribution is 5.89. The van der Waals surface area contributed by atoms with Gasteiger partial charge in [0.15, 0.2) is 0 Å². The predicted molar refractivity (Wildman–Crippen MR) is 95.3 cm³/mol. The molecule has 0 radical (unpaired) electrons. The Morgan fingerprint density at radius 1 is 1.12 bits per heavy atom. The number of rotatable bonds is 3. The van der Waals surface area contributed by atoms with Gasteiger partial charge >= 0.3 is 6.03 Å². The zero-order valence-electron chi connectivity index (χ0n) is 14.1. The first-order valence-electron chi connectivity index (χ1n) is 8.27. The maximum Gasteiger partial charge on any atom is 0.319 e. The first-order valence-corrected chi connectivity index (χ1v) is 8.27. The summed E-state index contributed by atoms with van der Waals surface area (Å²) in [5, 5.41) is 5.99. The summed E-state index contributed by atoms with van der Waals surface area (Å²) < 4.78 is 0. The number of hydrogen-bond acceptors (Lipinski definition) is 4. The predicted octanol–water partition coefficient (Wildman–Crippen LogP) is 2.88. The Labute approximate surface area is 142 Å². The lowest BCUT2D eigenvalue weighted by Gasteiger charge is -2.32. The van der Waals surface area contributed by atoms with Gasteiger partial charge in [0.1, 0.15) is 5.82 Å². The van der Waals surface area contributed by atoms with Crippen molar-refractivity contribution < 1.29 is 4.79 Å². The van der Waals surface area contributed by atoms with Gasteiger partial charge < -0.3 is 15.5 Å². The van der Waals surface area contributed by atoms with Gasteiger partial charge in [-0.05, 0) is 49.9 Å². The molecule has 3 rings (SSSR count). The number of anilines is 2. The molecule has 0 unspecified atom stereocenters. The number of amides is 2. The number of aromatic nitrogens is 2. The van der Waals surface area contributed by atoms with Crippen molar-refractivity contribution in [2.75, 3.05) is 23.3 Å². The summed E-state index contributed by atoms with van der Waals surface area (Å²) in [7, 11) is 0. The van der Waals surface area contributed by atoms with Crippen LogP contribution >= 0.6 is 0 Å². The van der Waals surface area contributed by atoms with Crippen molar-refractivity contribution in [2.24, 2.45) is 0 Å². The van der Waals surface area contributed by atoms with Crippen LogP contribution in [0.15, 0.2) is 36.8 Å². The molecule has 0 bridgehead atoms. The molecule has 2 amide bonds. The van der Waals surface area contributed by atoms with Crippen LogP contribution in [0.5, 0.6) is 0 Å². The minimum absolute atomic E-state index is 0.141. The fraction of sp³-hybridized carbons (Fsp3) is 0.389. The molecule has 1 aromatic heterocycles. The number of hydrogen-bond donors (Lipinski definition) is 2. The number of carbonyl (C=O) groups is 1.